The first-order chi connectivity index (χ1) is 16.5. The molecule has 7 heteroatoms. The number of fused-ring (bicyclic) bond motifs is 5. The van der Waals surface area contributed by atoms with Crippen LogP contribution in [0.4, 0.5) is 4.39 Å². The molecule has 34 heavy (non-hydrogen) atoms. The van der Waals surface area contributed by atoms with E-state index in [0.717, 1.165) is 16.7 Å². The Morgan fingerprint density at radius 1 is 0.853 bits per heavy atom. The van der Waals surface area contributed by atoms with Crippen molar-refractivity contribution in [3.05, 3.63) is 107 Å². The highest BCUT2D eigenvalue weighted by Gasteiger charge is 2.65. The molecule has 3 aromatic carbocycles. The molecule has 0 bridgehead atoms. The molecule has 3 heterocycles. The molecule has 0 spiro atoms. The van der Waals surface area contributed by atoms with E-state index in [0.29, 0.717) is 0 Å². The van der Waals surface area contributed by atoms with Gasteiger partial charge >= 0.3 is 0 Å². The summed E-state index contributed by atoms with van der Waals surface area (Å²) in [5, 5.41) is 6.14. The molecule has 4 atom stereocenters. The van der Waals surface area contributed by atoms with Crippen LogP contribution in [-0.4, -0.2) is 39.8 Å². The standard InChI is InChI=1S/C27H20FN3O3/c28-19-12-10-17(11-13-19)25(32)24-22-21(23-20-9-5-4-8-18(20)14-29-31(23)24)26(33)30(27(22)34)15-16-6-2-1-3-7-16/h1-14,21-24H,15H2. The zero-order valence-electron chi connectivity index (χ0n) is 18.0. The number of hydrazone groups is 1. The average Bonchev–Trinajstić information content (AvgIpc) is 3.33. The predicted molar refractivity (Wildman–Crippen MR) is 122 cm³/mol. The van der Waals surface area contributed by atoms with Crippen molar-refractivity contribution in [1.29, 1.82) is 0 Å². The summed E-state index contributed by atoms with van der Waals surface area (Å²) >= 11 is 0. The molecule has 168 valence electrons. The first-order valence-corrected chi connectivity index (χ1v) is 11.1. The van der Waals surface area contributed by atoms with Crippen LogP contribution in [0.2, 0.25) is 0 Å². The molecular formula is C27H20FN3O3. The Kier molecular flexibility index (Phi) is 4.65. The van der Waals surface area contributed by atoms with Gasteiger partial charge < -0.3 is 0 Å². The van der Waals surface area contributed by atoms with E-state index in [2.05, 4.69) is 5.10 Å². The Labute approximate surface area is 195 Å². The fourth-order valence-electron chi connectivity index (χ4n) is 5.44. The lowest BCUT2D eigenvalue weighted by Gasteiger charge is -2.33. The molecule has 4 unspecified atom stereocenters. The number of carbonyl (C=O) groups excluding carboxylic acids is 3. The van der Waals surface area contributed by atoms with Gasteiger partial charge in [0.05, 0.1) is 30.6 Å². The molecule has 0 saturated carbocycles. The van der Waals surface area contributed by atoms with Gasteiger partial charge in [0.25, 0.3) is 0 Å². The van der Waals surface area contributed by atoms with Gasteiger partial charge in [0, 0.05) is 5.56 Å². The van der Waals surface area contributed by atoms with Crippen molar-refractivity contribution >= 4 is 23.8 Å². The van der Waals surface area contributed by atoms with Crippen LogP contribution in [0, 0.1) is 17.7 Å². The molecule has 6 nitrogen and oxygen atoms in total. The zero-order chi connectivity index (χ0) is 23.4. The second-order valence-corrected chi connectivity index (χ2v) is 8.81. The van der Waals surface area contributed by atoms with Crippen molar-refractivity contribution in [2.24, 2.45) is 16.9 Å². The second-order valence-electron chi connectivity index (χ2n) is 8.81. The highest BCUT2D eigenvalue weighted by Crippen LogP contribution is 2.52. The largest absolute Gasteiger partial charge is 0.292 e. The number of carbonyl (C=O) groups is 3. The van der Waals surface area contributed by atoms with Crippen molar-refractivity contribution in [2.75, 3.05) is 0 Å². The third-order valence-electron chi connectivity index (χ3n) is 6.97. The quantitative estimate of drug-likeness (QED) is 0.447. The summed E-state index contributed by atoms with van der Waals surface area (Å²) < 4.78 is 13.5. The minimum atomic E-state index is -0.956. The van der Waals surface area contributed by atoms with Gasteiger partial charge in [0.2, 0.25) is 11.8 Å². The van der Waals surface area contributed by atoms with Gasteiger partial charge in [-0.15, -0.1) is 0 Å². The molecule has 0 N–H and O–H groups in total. The molecule has 0 radical (unpaired) electrons. The number of nitrogens with zero attached hydrogens (tertiary/aromatic N) is 3. The third-order valence-corrected chi connectivity index (χ3v) is 6.97. The number of benzene rings is 3. The Morgan fingerprint density at radius 3 is 2.29 bits per heavy atom. The molecule has 2 fully saturated rings. The zero-order valence-corrected chi connectivity index (χ0v) is 18.0. The molecule has 3 aliphatic heterocycles. The number of rotatable bonds is 4. The van der Waals surface area contributed by atoms with Crippen molar-refractivity contribution in [3.8, 4) is 0 Å². The Balaban J connectivity index is 1.45. The van der Waals surface area contributed by atoms with Crippen LogP contribution in [0.5, 0.6) is 0 Å². The van der Waals surface area contributed by atoms with E-state index >= 15 is 0 Å². The number of likely N-dealkylation sites (tertiary alicyclic amines) is 1. The monoisotopic (exact) mass is 453 g/mol. The van der Waals surface area contributed by atoms with E-state index in [1.807, 2.05) is 54.6 Å². The number of imide groups is 1. The maximum absolute atomic E-state index is 13.7. The maximum Gasteiger partial charge on any atom is 0.236 e. The number of hydrogen-bond acceptors (Lipinski definition) is 5. The van der Waals surface area contributed by atoms with E-state index in [9.17, 15) is 18.8 Å². The Morgan fingerprint density at radius 2 is 1.53 bits per heavy atom. The summed E-state index contributed by atoms with van der Waals surface area (Å²) in [5.41, 5.74) is 2.84. The molecule has 0 aromatic heterocycles. The second kappa shape index (κ2) is 7.73. The molecule has 3 aliphatic rings. The smallest absolute Gasteiger partial charge is 0.236 e. The van der Waals surface area contributed by atoms with Gasteiger partial charge in [0.1, 0.15) is 11.9 Å². The minimum Gasteiger partial charge on any atom is -0.292 e. The van der Waals surface area contributed by atoms with Crippen LogP contribution >= 0.6 is 0 Å². The first kappa shape index (κ1) is 20.5. The summed E-state index contributed by atoms with van der Waals surface area (Å²) in [4.78, 5) is 42.3. The minimum absolute atomic E-state index is 0.153. The topological polar surface area (TPSA) is 70.0 Å². The van der Waals surface area contributed by atoms with Gasteiger partial charge in [-0.2, -0.15) is 5.10 Å². The summed E-state index contributed by atoms with van der Waals surface area (Å²) in [5.74, 6) is -3.08. The first-order valence-electron chi connectivity index (χ1n) is 11.1. The molecule has 0 aliphatic carbocycles. The molecule has 6 rings (SSSR count). The lowest BCUT2D eigenvalue weighted by atomic mass is 9.83. The lowest BCUT2D eigenvalue weighted by molar-refractivity contribution is -0.142. The van der Waals surface area contributed by atoms with Gasteiger partial charge in [-0.25, -0.2) is 4.39 Å². The van der Waals surface area contributed by atoms with Gasteiger partial charge in [0.15, 0.2) is 5.78 Å². The van der Waals surface area contributed by atoms with E-state index in [1.54, 1.807) is 11.2 Å². The Hall–Kier alpha value is -4.13. The Bertz CT molecular complexity index is 1340. The third kappa shape index (κ3) is 3.00. The van der Waals surface area contributed by atoms with Crippen molar-refractivity contribution in [1.82, 2.24) is 9.91 Å². The fraction of sp³-hybridized carbons (Fsp3) is 0.185. The van der Waals surface area contributed by atoms with Gasteiger partial charge in [-0.3, -0.25) is 24.3 Å². The van der Waals surface area contributed by atoms with E-state index in [1.165, 1.54) is 29.2 Å². The predicted octanol–water partition coefficient (Wildman–Crippen LogP) is 3.58. The van der Waals surface area contributed by atoms with Gasteiger partial charge in [-0.1, -0.05) is 54.6 Å². The number of amides is 2. The molecule has 3 aromatic rings. The van der Waals surface area contributed by atoms with Crippen LogP contribution in [0.25, 0.3) is 0 Å². The maximum atomic E-state index is 13.7. The van der Waals surface area contributed by atoms with E-state index in [-0.39, 0.29) is 29.7 Å². The van der Waals surface area contributed by atoms with Crippen molar-refractivity contribution in [2.45, 2.75) is 18.6 Å². The molecule has 2 amide bonds. The SMILES string of the molecule is O=C(c1ccc(F)cc1)C1C2C(=O)N(Cc3ccccc3)C(=O)C2C2c3ccccc3C=NN12. The summed E-state index contributed by atoms with van der Waals surface area (Å²) in [6.07, 6.45) is 1.66. The van der Waals surface area contributed by atoms with Gasteiger partial charge in [-0.05, 0) is 41.0 Å². The van der Waals surface area contributed by atoms with Crippen LogP contribution in [0.1, 0.15) is 33.1 Å². The number of hydrogen-bond donors (Lipinski definition) is 0. The van der Waals surface area contributed by atoms with Crippen LogP contribution in [-0.2, 0) is 16.1 Å². The number of Topliss-reactive ketones (excluding diaryl/α,β-unsaturated/α-hetero) is 1. The highest BCUT2D eigenvalue weighted by atomic mass is 19.1. The molecular weight excluding hydrogens is 433 g/mol. The fourth-order valence-corrected chi connectivity index (χ4v) is 5.44. The summed E-state index contributed by atoms with van der Waals surface area (Å²) in [7, 11) is 0. The normalized spacial score (nSPS) is 24.7. The molecule has 2 saturated heterocycles. The summed E-state index contributed by atoms with van der Waals surface area (Å²) in [6.45, 7) is 0.153. The number of halogens is 1. The summed E-state index contributed by atoms with van der Waals surface area (Å²) in [6, 6.07) is 20.7. The van der Waals surface area contributed by atoms with Crippen molar-refractivity contribution in [3.63, 3.8) is 0 Å². The van der Waals surface area contributed by atoms with E-state index < -0.39 is 29.7 Å². The van der Waals surface area contributed by atoms with Crippen LogP contribution < -0.4 is 0 Å². The number of ketones is 1. The van der Waals surface area contributed by atoms with Crippen LogP contribution in [0.3, 0.4) is 0 Å². The van der Waals surface area contributed by atoms with Crippen LogP contribution in [0.15, 0.2) is 84.0 Å². The van der Waals surface area contributed by atoms with E-state index in [4.69, 9.17) is 0 Å². The highest BCUT2D eigenvalue weighted by molar-refractivity contribution is 6.12. The van der Waals surface area contributed by atoms with Crippen molar-refractivity contribution < 1.29 is 18.8 Å². The average molecular weight is 453 g/mol. The lowest BCUT2D eigenvalue weighted by Crippen LogP contribution is -2.44.